The van der Waals surface area contributed by atoms with E-state index < -0.39 is 0 Å². The van der Waals surface area contributed by atoms with Crippen molar-refractivity contribution in [3.05, 3.63) is 24.5 Å². The number of hydrogen-bond acceptors (Lipinski definition) is 4. The summed E-state index contributed by atoms with van der Waals surface area (Å²) >= 11 is 3.02. The summed E-state index contributed by atoms with van der Waals surface area (Å²) in [6.45, 7) is 3.82. The number of hydrogen-bond donors (Lipinski definition) is 0. The van der Waals surface area contributed by atoms with Gasteiger partial charge in [-0.15, -0.1) is 0 Å². The summed E-state index contributed by atoms with van der Waals surface area (Å²) in [5.74, 6) is 0.320. The fourth-order valence-electron chi connectivity index (χ4n) is 0.669. The molecular weight excluding hydrogens is 238 g/mol. The van der Waals surface area contributed by atoms with Crippen LogP contribution in [0.15, 0.2) is 23.2 Å². The van der Waals surface area contributed by atoms with E-state index in [1.165, 1.54) is 6.07 Å². The Morgan fingerprint density at radius 2 is 2.62 bits per heavy atom. The molecule has 0 aliphatic heterocycles. The lowest BCUT2D eigenvalue weighted by molar-refractivity contribution is 0.0984. The minimum Gasteiger partial charge on any atom is -0.471 e. The second-order valence-corrected chi connectivity index (χ2v) is 2.75. The van der Waals surface area contributed by atoms with Crippen LogP contribution in [0.3, 0.4) is 0 Å². The van der Waals surface area contributed by atoms with Crippen molar-refractivity contribution < 1.29 is 14.1 Å². The third kappa shape index (κ3) is 2.69. The number of Topliss-reactive ketones (excluding diaryl/α,β-unsaturated/α-hetero) is 1. The van der Waals surface area contributed by atoms with E-state index in [0.29, 0.717) is 12.5 Å². The van der Waals surface area contributed by atoms with E-state index in [-0.39, 0.29) is 16.9 Å². The van der Waals surface area contributed by atoms with Crippen molar-refractivity contribution in [1.82, 2.24) is 5.16 Å². The third-order valence-corrected chi connectivity index (χ3v) is 1.74. The Kier molecular flexibility index (Phi) is 3.70. The number of carbonyl (C=O) groups excluding carboxylic acids is 1. The number of carbonyl (C=O) groups is 1. The first-order valence-electron chi connectivity index (χ1n) is 3.57. The Hall–Kier alpha value is -1.10. The molecule has 0 unspecified atom stereocenters. The van der Waals surface area contributed by atoms with Crippen molar-refractivity contribution in [1.29, 1.82) is 0 Å². The minimum absolute atomic E-state index is 0.166. The molecule has 0 aromatic carbocycles. The molecule has 0 amide bonds. The molecule has 70 valence electrons. The van der Waals surface area contributed by atoms with Gasteiger partial charge in [-0.3, -0.25) is 4.79 Å². The molecule has 0 N–H and O–H groups in total. The normalized spacial score (nSPS) is 9.62. The van der Waals surface area contributed by atoms with Crippen molar-refractivity contribution in [2.24, 2.45) is 0 Å². The zero-order valence-corrected chi connectivity index (χ0v) is 8.41. The molecule has 0 bridgehead atoms. The standard InChI is InChI=1S/C8H8BrNO3/c1-2-3-12-8-4-7(13-10-8)6(11)5-9/h2,4H,1,3,5H2. The summed E-state index contributed by atoms with van der Waals surface area (Å²) in [7, 11) is 0. The summed E-state index contributed by atoms with van der Waals surface area (Å²) in [4.78, 5) is 11.0. The Balaban J connectivity index is 2.63. The fraction of sp³-hybridized carbons (Fsp3) is 0.250. The van der Waals surface area contributed by atoms with E-state index in [1.807, 2.05) is 0 Å². The maximum atomic E-state index is 11.0. The fourth-order valence-corrected chi connectivity index (χ4v) is 0.945. The van der Waals surface area contributed by atoms with Gasteiger partial charge in [0.05, 0.1) is 11.4 Å². The molecule has 1 aromatic heterocycles. The maximum Gasteiger partial charge on any atom is 0.255 e. The van der Waals surface area contributed by atoms with Gasteiger partial charge < -0.3 is 9.26 Å². The average Bonchev–Trinajstić information content (AvgIpc) is 2.62. The lowest BCUT2D eigenvalue weighted by Gasteiger charge is -1.92. The monoisotopic (exact) mass is 245 g/mol. The van der Waals surface area contributed by atoms with Crippen molar-refractivity contribution in [3.63, 3.8) is 0 Å². The molecule has 0 saturated carbocycles. The summed E-state index contributed by atoms with van der Waals surface area (Å²) in [5.41, 5.74) is 0. The number of aromatic nitrogens is 1. The molecule has 0 aliphatic carbocycles. The second-order valence-electron chi connectivity index (χ2n) is 2.19. The molecule has 0 radical (unpaired) electrons. The summed E-state index contributed by atoms with van der Waals surface area (Å²) in [5, 5.41) is 3.75. The van der Waals surface area contributed by atoms with Gasteiger partial charge in [-0.05, 0) is 5.16 Å². The van der Waals surface area contributed by atoms with E-state index in [9.17, 15) is 4.79 Å². The largest absolute Gasteiger partial charge is 0.471 e. The second kappa shape index (κ2) is 4.81. The van der Waals surface area contributed by atoms with Crippen LogP contribution in [-0.4, -0.2) is 22.9 Å². The van der Waals surface area contributed by atoms with Gasteiger partial charge in [0.15, 0.2) is 0 Å². The van der Waals surface area contributed by atoms with Crippen LogP contribution in [-0.2, 0) is 0 Å². The average molecular weight is 246 g/mol. The Morgan fingerprint density at radius 3 is 3.23 bits per heavy atom. The molecule has 0 aliphatic rings. The number of ketones is 1. The smallest absolute Gasteiger partial charge is 0.255 e. The highest BCUT2D eigenvalue weighted by Gasteiger charge is 2.11. The van der Waals surface area contributed by atoms with Crippen LogP contribution < -0.4 is 4.74 Å². The van der Waals surface area contributed by atoms with Crippen LogP contribution in [0.1, 0.15) is 10.6 Å². The van der Waals surface area contributed by atoms with Crippen LogP contribution >= 0.6 is 15.9 Å². The maximum absolute atomic E-state index is 11.0. The molecule has 1 heterocycles. The first kappa shape index (κ1) is 9.98. The Morgan fingerprint density at radius 1 is 1.85 bits per heavy atom. The zero-order chi connectivity index (χ0) is 9.68. The van der Waals surface area contributed by atoms with Gasteiger partial charge in [-0.2, -0.15) is 0 Å². The summed E-state index contributed by atoms with van der Waals surface area (Å²) in [6.07, 6.45) is 1.58. The SMILES string of the molecule is C=CCOc1cc(C(=O)CBr)on1. The van der Waals surface area contributed by atoms with E-state index >= 15 is 0 Å². The highest BCUT2D eigenvalue weighted by molar-refractivity contribution is 9.09. The van der Waals surface area contributed by atoms with Crippen molar-refractivity contribution in [3.8, 4) is 5.88 Å². The van der Waals surface area contributed by atoms with Crippen molar-refractivity contribution in [2.75, 3.05) is 11.9 Å². The molecule has 0 spiro atoms. The van der Waals surface area contributed by atoms with Crippen LogP contribution in [0, 0.1) is 0 Å². The molecule has 0 atom stereocenters. The van der Waals surface area contributed by atoms with E-state index in [0.717, 1.165) is 0 Å². The lowest BCUT2D eigenvalue weighted by atomic mass is 10.3. The van der Waals surface area contributed by atoms with Gasteiger partial charge in [-0.25, -0.2) is 0 Å². The predicted molar refractivity (Wildman–Crippen MR) is 50.3 cm³/mol. The molecule has 0 fully saturated rings. The first-order chi connectivity index (χ1) is 6.27. The topological polar surface area (TPSA) is 52.3 Å². The lowest BCUT2D eigenvalue weighted by Crippen LogP contribution is -1.97. The number of halogens is 1. The predicted octanol–water partition coefficient (Wildman–Crippen LogP) is 1.82. The van der Waals surface area contributed by atoms with Gasteiger partial charge in [0.2, 0.25) is 11.5 Å². The van der Waals surface area contributed by atoms with Crippen LogP contribution in [0.5, 0.6) is 5.88 Å². The van der Waals surface area contributed by atoms with Gasteiger partial charge in [0.25, 0.3) is 5.88 Å². The van der Waals surface area contributed by atoms with Crippen LogP contribution in [0.4, 0.5) is 0 Å². The van der Waals surface area contributed by atoms with Gasteiger partial charge in [-0.1, -0.05) is 28.6 Å². The number of alkyl halides is 1. The summed E-state index contributed by atoms with van der Waals surface area (Å²) in [6, 6.07) is 1.45. The molecule has 4 nitrogen and oxygen atoms in total. The number of nitrogens with zero attached hydrogens (tertiary/aromatic N) is 1. The van der Waals surface area contributed by atoms with Crippen LogP contribution in [0.25, 0.3) is 0 Å². The highest BCUT2D eigenvalue weighted by atomic mass is 79.9. The Bertz CT molecular complexity index is 308. The molecule has 5 heteroatoms. The molecule has 13 heavy (non-hydrogen) atoms. The highest BCUT2D eigenvalue weighted by Crippen LogP contribution is 2.12. The van der Waals surface area contributed by atoms with E-state index in [2.05, 4.69) is 27.7 Å². The molecule has 0 saturated heterocycles. The quantitative estimate of drug-likeness (QED) is 0.451. The molecule has 1 rings (SSSR count). The van der Waals surface area contributed by atoms with E-state index in [1.54, 1.807) is 6.08 Å². The van der Waals surface area contributed by atoms with Crippen molar-refractivity contribution in [2.45, 2.75) is 0 Å². The molecule has 1 aromatic rings. The molecular formula is C8H8BrNO3. The first-order valence-corrected chi connectivity index (χ1v) is 4.69. The van der Waals surface area contributed by atoms with Crippen molar-refractivity contribution >= 4 is 21.7 Å². The Labute approximate surface area is 83.7 Å². The van der Waals surface area contributed by atoms with Crippen LogP contribution in [0.2, 0.25) is 0 Å². The zero-order valence-electron chi connectivity index (χ0n) is 6.83. The third-order valence-electron chi connectivity index (χ3n) is 1.23. The number of rotatable bonds is 5. The number of ether oxygens (including phenoxy) is 1. The van der Waals surface area contributed by atoms with Gasteiger partial charge in [0.1, 0.15) is 6.61 Å². The minimum atomic E-state index is -0.166. The van der Waals surface area contributed by atoms with Gasteiger partial charge in [0, 0.05) is 0 Å². The van der Waals surface area contributed by atoms with E-state index in [4.69, 9.17) is 9.26 Å². The summed E-state index contributed by atoms with van der Waals surface area (Å²) < 4.78 is 9.77. The van der Waals surface area contributed by atoms with Gasteiger partial charge >= 0.3 is 0 Å².